The summed E-state index contributed by atoms with van der Waals surface area (Å²) in [5.74, 6) is -1.04. The summed E-state index contributed by atoms with van der Waals surface area (Å²) in [6.07, 6.45) is 5.64. The molecule has 1 saturated heterocycles. The molecule has 142 valence electrons. The third kappa shape index (κ3) is 5.01. The number of ketones is 1. The summed E-state index contributed by atoms with van der Waals surface area (Å²) >= 11 is 0. The topological polar surface area (TPSA) is 29.5 Å². The highest BCUT2D eigenvalue weighted by Gasteiger charge is 2.28. The van der Waals surface area contributed by atoms with Crippen molar-refractivity contribution in [3.05, 3.63) is 71.3 Å². The first-order valence-corrected chi connectivity index (χ1v) is 9.09. The summed E-state index contributed by atoms with van der Waals surface area (Å²) in [6.45, 7) is 2.16. The van der Waals surface area contributed by atoms with Crippen LogP contribution in [0.1, 0.15) is 28.8 Å². The van der Waals surface area contributed by atoms with Gasteiger partial charge in [0.1, 0.15) is 17.4 Å². The van der Waals surface area contributed by atoms with E-state index >= 15 is 0 Å². The molecule has 1 fully saturated rings. The number of rotatable bonds is 6. The number of halogens is 2. The van der Waals surface area contributed by atoms with Crippen molar-refractivity contribution in [2.45, 2.75) is 12.8 Å². The van der Waals surface area contributed by atoms with E-state index in [2.05, 4.69) is 11.0 Å². The third-order valence-electron chi connectivity index (χ3n) is 4.86. The van der Waals surface area contributed by atoms with Gasteiger partial charge in [-0.05, 0) is 55.3 Å². The Kier molecular flexibility index (Phi) is 6.35. The SMILES string of the molecule is COc1ccc(C=CCN2CCCC(C(=O)c3cc(F)ccc3F)C2)cc1. The lowest BCUT2D eigenvalue weighted by molar-refractivity contribution is 0.0827. The number of hydrogen-bond donors (Lipinski definition) is 0. The number of carbonyl (C=O) groups is 1. The zero-order chi connectivity index (χ0) is 19.2. The number of methoxy groups -OCH3 is 1. The van der Waals surface area contributed by atoms with Crippen LogP contribution in [0.3, 0.4) is 0 Å². The normalized spacial score (nSPS) is 18.0. The fraction of sp³-hybridized carbons (Fsp3) is 0.318. The second-order valence-electron chi connectivity index (χ2n) is 6.76. The molecule has 0 aromatic heterocycles. The van der Waals surface area contributed by atoms with Gasteiger partial charge in [0.25, 0.3) is 0 Å². The molecular formula is C22H23F2NO2. The minimum absolute atomic E-state index is 0.143. The predicted octanol–water partition coefficient (Wildman–Crippen LogP) is 4.58. The molecular weight excluding hydrogens is 348 g/mol. The quantitative estimate of drug-likeness (QED) is 0.696. The van der Waals surface area contributed by atoms with E-state index in [1.807, 2.05) is 30.3 Å². The van der Waals surface area contributed by atoms with Gasteiger partial charge in [-0.2, -0.15) is 0 Å². The maximum atomic E-state index is 13.9. The molecule has 0 saturated carbocycles. The van der Waals surface area contributed by atoms with Crippen molar-refractivity contribution in [1.29, 1.82) is 0 Å². The van der Waals surface area contributed by atoms with Gasteiger partial charge in [0.05, 0.1) is 12.7 Å². The summed E-state index contributed by atoms with van der Waals surface area (Å²) in [6, 6.07) is 10.8. The molecule has 1 unspecified atom stereocenters. The summed E-state index contributed by atoms with van der Waals surface area (Å²) in [5, 5.41) is 0. The fourth-order valence-corrected chi connectivity index (χ4v) is 3.39. The summed E-state index contributed by atoms with van der Waals surface area (Å²) < 4.78 is 32.4. The average molecular weight is 371 g/mol. The zero-order valence-corrected chi connectivity index (χ0v) is 15.3. The Bertz CT molecular complexity index is 818. The predicted molar refractivity (Wildman–Crippen MR) is 102 cm³/mol. The monoisotopic (exact) mass is 371 g/mol. The lowest BCUT2D eigenvalue weighted by Crippen LogP contribution is -2.39. The Labute approximate surface area is 158 Å². The van der Waals surface area contributed by atoms with Gasteiger partial charge in [0, 0.05) is 19.0 Å². The van der Waals surface area contributed by atoms with E-state index in [0.717, 1.165) is 42.5 Å². The van der Waals surface area contributed by atoms with Crippen LogP contribution in [-0.4, -0.2) is 37.4 Å². The molecule has 0 spiro atoms. The van der Waals surface area contributed by atoms with Gasteiger partial charge in [-0.25, -0.2) is 8.78 Å². The summed E-state index contributed by atoms with van der Waals surface area (Å²) in [5.41, 5.74) is 0.929. The van der Waals surface area contributed by atoms with E-state index in [9.17, 15) is 13.6 Å². The van der Waals surface area contributed by atoms with E-state index < -0.39 is 11.6 Å². The molecule has 3 nitrogen and oxygen atoms in total. The highest BCUT2D eigenvalue weighted by atomic mass is 19.1. The van der Waals surface area contributed by atoms with Crippen LogP contribution in [0.4, 0.5) is 8.78 Å². The maximum Gasteiger partial charge on any atom is 0.170 e. The number of hydrogen-bond acceptors (Lipinski definition) is 3. The van der Waals surface area contributed by atoms with Crippen molar-refractivity contribution in [2.24, 2.45) is 5.92 Å². The Morgan fingerprint density at radius 2 is 2.00 bits per heavy atom. The molecule has 0 radical (unpaired) electrons. The molecule has 0 amide bonds. The molecule has 0 bridgehead atoms. The van der Waals surface area contributed by atoms with Gasteiger partial charge in [-0.1, -0.05) is 24.3 Å². The Hall–Kier alpha value is -2.53. The number of likely N-dealkylation sites (tertiary alicyclic amines) is 1. The minimum Gasteiger partial charge on any atom is -0.497 e. The number of benzene rings is 2. The van der Waals surface area contributed by atoms with Gasteiger partial charge in [0.15, 0.2) is 5.78 Å². The first-order valence-electron chi connectivity index (χ1n) is 9.09. The molecule has 1 aliphatic rings. The van der Waals surface area contributed by atoms with Crippen LogP contribution in [0, 0.1) is 17.6 Å². The standard InChI is InChI=1S/C22H23F2NO2/c1-27-19-9-6-16(7-10-19)4-2-12-25-13-3-5-17(15-25)22(26)20-14-18(23)8-11-21(20)24/h2,4,6-11,14,17H,3,5,12-13,15H2,1H3. The minimum atomic E-state index is -0.655. The van der Waals surface area contributed by atoms with E-state index in [0.29, 0.717) is 19.5 Å². The lowest BCUT2D eigenvalue weighted by atomic mass is 9.89. The number of nitrogens with zero attached hydrogens (tertiary/aromatic N) is 1. The highest BCUT2D eigenvalue weighted by molar-refractivity contribution is 5.98. The first kappa shape index (κ1) is 19.2. The van der Waals surface area contributed by atoms with Gasteiger partial charge < -0.3 is 4.74 Å². The van der Waals surface area contributed by atoms with E-state index in [1.165, 1.54) is 0 Å². The van der Waals surface area contributed by atoms with Crippen LogP contribution < -0.4 is 4.74 Å². The molecule has 5 heteroatoms. The van der Waals surface area contributed by atoms with E-state index in [-0.39, 0.29) is 17.3 Å². The van der Waals surface area contributed by atoms with Crippen molar-refractivity contribution in [3.63, 3.8) is 0 Å². The number of carbonyl (C=O) groups excluding carboxylic acids is 1. The van der Waals surface area contributed by atoms with Crippen LogP contribution in [-0.2, 0) is 0 Å². The fourth-order valence-electron chi connectivity index (χ4n) is 3.39. The molecule has 1 atom stereocenters. The maximum absolute atomic E-state index is 13.9. The molecule has 1 heterocycles. The molecule has 3 rings (SSSR count). The second-order valence-corrected chi connectivity index (χ2v) is 6.76. The average Bonchev–Trinajstić information content (AvgIpc) is 2.70. The number of ether oxygens (including phenoxy) is 1. The van der Waals surface area contributed by atoms with Crippen molar-refractivity contribution < 1.29 is 18.3 Å². The summed E-state index contributed by atoms with van der Waals surface area (Å²) in [7, 11) is 1.63. The highest BCUT2D eigenvalue weighted by Crippen LogP contribution is 2.23. The van der Waals surface area contributed by atoms with Crippen LogP contribution in [0.5, 0.6) is 5.75 Å². The van der Waals surface area contributed by atoms with Crippen molar-refractivity contribution >= 4 is 11.9 Å². The number of piperidine rings is 1. The van der Waals surface area contributed by atoms with Gasteiger partial charge in [-0.3, -0.25) is 9.69 Å². The third-order valence-corrected chi connectivity index (χ3v) is 4.86. The van der Waals surface area contributed by atoms with Crippen molar-refractivity contribution in [2.75, 3.05) is 26.7 Å². The van der Waals surface area contributed by atoms with Crippen LogP contribution >= 0.6 is 0 Å². The van der Waals surface area contributed by atoms with Crippen LogP contribution in [0.15, 0.2) is 48.5 Å². The van der Waals surface area contributed by atoms with Gasteiger partial charge in [-0.15, -0.1) is 0 Å². The van der Waals surface area contributed by atoms with E-state index in [4.69, 9.17) is 4.74 Å². The van der Waals surface area contributed by atoms with Crippen molar-refractivity contribution in [1.82, 2.24) is 4.90 Å². The van der Waals surface area contributed by atoms with Crippen LogP contribution in [0.25, 0.3) is 6.08 Å². The molecule has 0 N–H and O–H groups in total. The molecule has 2 aromatic rings. The molecule has 2 aromatic carbocycles. The zero-order valence-electron chi connectivity index (χ0n) is 15.3. The van der Waals surface area contributed by atoms with E-state index in [1.54, 1.807) is 7.11 Å². The Morgan fingerprint density at radius 1 is 1.22 bits per heavy atom. The van der Waals surface area contributed by atoms with Gasteiger partial charge in [0.2, 0.25) is 0 Å². The first-order chi connectivity index (χ1) is 13.1. The second kappa shape index (κ2) is 8.91. The lowest BCUT2D eigenvalue weighted by Gasteiger charge is -2.31. The summed E-state index contributed by atoms with van der Waals surface area (Å²) in [4.78, 5) is 14.8. The Balaban J connectivity index is 1.59. The molecule has 1 aliphatic heterocycles. The smallest absolute Gasteiger partial charge is 0.170 e. The molecule has 27 heavy (non-hydrogen) atoms. The van der Waals surface area contributed by atoms with Crippen molar-refractivity contribution in [3.8, 4) is 5.75 Å². The number of Topliss-reactive ketones (excluding diaryl/α,β-unsaturated/α-hetero) is 1. The van der Waals surface area contributed by atoms with Crippen LogP contribution in [0.2, 0.25) is 0 Å². The van der Waals surface area contributed by atoms with Gasteiger partial charge >= 0.3 is 0 Å². The Morgan fingerprint density at radius 3 is 2.74 bits per heavy atom. The molecule has 0 aliphatic carbocycles. The largest absolute Gasteiger partial charge is 0.497 e.